The summed E-state index contributed by atoms with van der Waals surface area (Å²) in [6, 6.07) is 6.40. The number of aliphatic hydroxyl groups is 1. The van der Waals surface area contributed by atoms with Crippen LogP contribution in [0.5, 0.6) is 0 Å². The Balaban J connectivity index is 2.28. The molecule has 1 unspecified atom stereocenters. The highest BCUT2D eigenvalue weighted by Gasteiger charge is 2.10. The molecule has 1 aromatic carbocycles. The molecule has 0 fully saturated rings. The van der Waals surface area contributed by atoms with Gasteiger partial charge in [0.1, 0.15) is 5.82 Å². The van der Waals surface area contributed by atoms with E-state index in [9.17, 15) is 14.3 Å². The van der Waals surface area contributed by atoms with Crippen molar-refractivity contribution in [1.82, 2.24) is 5.32 Å². The molecule has 5 heteroatoms. The average Bonchev–Trinajstić information content (AvgIpc) is 2.31. The number of benzene rings is 1. The average molecular weight is 241 g/mol. The lowest BCUT2D eigenvalue weighted by Gasteiger charge is -2.10. The Morgan fingerprint density at radius 1 is 1.53 bits per heavy atom. The molecule has 0 saturated heterocycles. The van der Waals surface area contributed by atoms with Crippen LogP contribution in [-0.4, -0.2) is 30.8 Å². The van der Waals surface area contributed by atoms with Crippen LogP contribution in [0, 0.1) is 5.82 Å². The van der Waals surface area contributed by atoms with Gasteiger partial charge >= 0.3 is 5.97 Å². The number of ether oxygens (including phenoxy) is 1. The normalized spacial score (nSPS) is 12.2. The van der Waals surface area contributed by atoms with Gasteiger partial charge < -0.3 is 15.2 Å². The van der Waals surface area contributed by atoms with Crippen LogP contribution < -0.4 is 5.32 Å². The number of hydrogen-bond donors (Lipinski definition) is 2. The molecule has 1 atom stereocenters. The molecule has 0 heterocycles. The lowest BCUT2D eigenvalue weighted by atomic mass is 10.2. The fraction of sp³-hybridized carbons (Fsp3) is 0.417. The Labute approximate surface area is 99.4 Å². The fourth-order valence-electron chi connectivity index (χ4n) is 1.36. The van der Waals surface area contributed by atoms with E-state index in [1.165, 1.54) is 13.2 Å². The maximum absolute atomic E-state index is 13.2. The predicted molar refractivity (Wildman–Crippen MR) is 60.7 cm³/mol. The van der Waals surface area contributed by atoms with Gasteiger partial charge in [0.2, 0.25) is 0 Å². The van der Waals surface area contributed by atoms with Gasteiger partial charge in [0.05, 0.1) is 19.6 Å². The van der Waals surface area contributed by atoms with Crippen molar-refractivity contribution in [3.8, 4) is 0 Å². The van der Waals surface area contributed by atoms with Crippen molar-refractivity contribution in [1.29, 1.82) is 0 Å². The number of nitrogens with one attached hydrogen (secondary N) is 1. The van der Waals surface area contributed by atoms with E-state index in [1.54, 1.807) is 18.2 Å². The third-order valence-corrected chi connectivity index (χ3v) is 2.28. The first-order valence-corrected chi connectivity index (χ1v) is 5.32. The number of esters is 1. The van der Waals surface area contributed by atoms with Gasteiger partial charge in [-0.25, -0.2) is 4.39 Å². The number of hydrogen-bond acceptors (Lipinski definition) is 4. The zero-order valence-electron chi connectivity index (χ0n) is 9.65. The van der Waals surface area contributed by atoms with Crippen molar-refractivity contribution in [2.45, 2.75) is 19.1 Å². The summed E-state index contributed by atoms with van der Waals surface area (Å²) in [5, 5.41) is 12.3. The first-order chi connectivity index (χ1) is 8.13. The van der Waals surface area contributed by atoms with E-state index >= 15 is 0 Å². The first kappa shape index (κ1) is 13.6. The summed E-state index contributed by atoms with van der Waals surface area (Å²) < 4.78 is 17.6. The van der Waals surface area contributed by atoms with E-state index in [4.69, 9.17) is 0 Å². The second-order valence-corrected chi connectivity index (χ2v) is 3.66. The number of carbonyl (C=O) groups excluding carboxylic acids is 1. The minimum Gasteiger partial charge on any atom is -0.469 e. The SMILES string of the molecule is COC(=O)CC(O)CNCc1ccccc1F. The molecule has 0 aliphatic heterocycles. The second-order valence-electron chi connectivity index (χ2n) is 3.66. The van der Waals surface area contributed by atoms with E-state index in [0.29, 0.717) is 12.1 Å². The lowest BCUT2D eigenvalue weighted by Crippen LogP contribution is -2.29. The van der Waals surface area contributed by atoms with Crippen molar-refractivity contribution in [3.05, 3.63) is 35.6 Å². The van der Waals surface area contributed by atoms with Gasteiger partial charge in [-0.15, -0.1) is 0 Å². The summed E-state index contributed by atoms with van der Waals surface area (Å²) in [7, 11) is 1.27. The van der Waals surface area contributed by atoms with E-state index in [-0.39, 0.29) is 18.8 Å². The molecule has 0 saturated carbocycles. The lowest BCUT2D eigenvalue weighted by molar-refractivity contribution is -0.142. The Bertz CT molecular complexity index is 371. The minimum atomic E-state index is -0.825. The van der Waals surface area contributed by atoms with Crippen LogP contribution in [0.25, 0.3) is 0 Å². The molecule has 4 nitrogen and oxygen atoms in total. The third kappa shape index (κ3) is 4.93. The van der Waals surface area contributed by atoms with Crippen molar-refractivity contribution >= 4 is 5.97 Å². The number of carbonyl (C=O) groups is 1. The first-order valence-electron chi connectivity index (χ1n) is 5.32. The van der Waals surface area contributed by atoms with Crippen LogP contribution in [-0.2, 0) is 16.1 Å². The van der Waals surface area contributed by atoms with E-state index in [0.717, 1.165) is 0 Å². The van der Waals surface area contributed by atoms with Crippen LogP contribution in [0.4, 0.5) is 4.39 Å². The maximum Gasteiger partial charge on any atom is 0.308 e. The molecular weight excluding hydrogens is 225 g/mol. The molecule has 0 aromatic heterocycles. The van der Waals surface area contributed by atoms with Crippen LogP contribution in [0.3, 0.4) is 0 Å². The van der Waals surface area contributed by atoms with Crippen molar-refractivity contribution < 1.29 is 19.0 Å². The van der Waals surface area contributed by atoms with Gasteiger partial charge in [-0.2, -0.15) is 0 Å². The molecule has 0 radical (unpaired) electrons. The Kier molecular flexibility index (Phi) is 5.59. The number of methoxy groups -OCH3 is 1. The Hall–Kier alpha value is -1.46. The molecule has 17 heavy (non-hydrogen) atoms. The number of halogens is 1. The highest BCUT2D eigenvalue weighted by Crippen LogP contribution is 2.05. The molecular formula is C12H16FNO3. The smallest absolute Gasteiger partial charge is 0.308 e. The predicted octanol–water partition coefficient (Wildman–Crippen LogP) is 0.839. The summed E-state index contributed by atoms with van der Waals surface area (Å²) >= 11 is 0. The standard InChI is InChI=1S/C12H16FNO3/c1-17-12(16)6-10(15)8-14-7-9-4-2-3-5-11(9)13/h2-5,10,14-15H,6-8H2,1H3. The molecule has 2 N–H and O–H groups in total. The molecule has 1 rings (SSSR count). The highest BCUT2D eigenvalue weighted by atomic mass is 19.1. The molecule has 94 valence electrons. The largest absolute Gasteiger partial charge is 0.469 e. The molecule has 0 spiro atoms. The molecule has 1 aromatic rings. The molecule has 0 aliphatic rings. The number of aliphatic hydroxyl groups excluding tert-OH is 1. The van der Waals surface area contributed by atoms with Gasteiger partial charge in [-0.3, -0.25) is 4.79 Å². The van der Waals surface area contributed by atoms with E-state index in [1.807, 2.05) is 0 Å². The summed E-state index contributed by atoms with van der Waals surface area (Å²) in [4.78, 5) is 10.8. The van der Waals surface area contributed by atoms with Crippen LogP contribution in [0.15, 0.2) is 24.3 Å². The monoisotopic (exact) mass is 241 g/mol. The second kappa shape index (κ2) is 6.98. The van der Waals surface area contributed by atoms with Crippen molar-refractivity contribution in [2.75, 3.05) is 13.7 Å². The summed E-state index contributed by atoms with van der Waals surface area (Å²) in [6.45, 7) is 0.522. The van der Waals surface area contributed by atoms with Crippen molar-refractivity contribution in [2.24, 2.45) is 0 Å². The van der Waals surface area contributed by atoms with Crippen LogP contribution in [0.1, 0.15) is 12.0 Å². The number of rotatable bonds is 6. The molecule has 0 bridgehead atoms. The molecule has 0 amide bonds. The third-order valence-electron chi connectivity index (χ3n) is 2.28. The van der Waals surface area contributed by atoms with Gasteiger partial charge in [0, 0.05) is 18.7 Å². The van der Waals surface area contributed by atoms with Gasteiger partial charge in [0.25, 0.3) is 0 Å². The van der Waals surface area contributed by atoms with Crippen LogP contribution in [0.2, 0.25) is 0 Å². The fourth-order valence-corrected chi connectivity index (χ4v) is 1.36. The quantitative estimate of drug-likeness (QED) is 0.725. The van der Waals surface area contributed by atoms with Crippen molar-refractivity contribution in [3.63, 3.8) is 0 Å². The Morgan fingerprint density at radius 2 is 2.24 bits per heavy atom. The van der Waals surface area contributed by atoms with E-state index < -0.39 is 12.1 Å². The maximum atomic E-state index is 13.2. The minimum absolute atomic E-state index is 0.0687. The van der Waals surface area contributed by atoms with Gasteiger partial charge in [-0.1, -0.05) is 18.2 Å². The van der Waals surface area contributed by atoms with Gasteiger partial charge in [0.15, 0.2) is 0 Å². The summed E-state index contributed by atoms with van der Waals surface area (Å²) in [6.07, 6.45) is -0.893. The van der Waals surface area contributed by atoms with Gasteiger partial charge in [-0.05, 0) is 6.07 Å². The summed E-state index contributed by atoms with van der Waals surface area (Å²) in [5.41, 5.74) is 0.526. The molecule has 0 aliphatic carbocycles. The van der Waals surface area contributed by atoms with Crippen LogP contribution >= 0.6 is 0 Å². The Morgan fingerprint density at radius 3 is 2.88 bits per heavy atom. The zero-order valence-corrected chi connectivity index (χ0v) is 9.65. The highest BCUT2D eigenvalue weighted by molar-refractivity contribution is 5.69. The summed E-state index contributed by atoms with van der Waals surface area (Å²) in [5.74, 6) is -0.757. The zero-order chi connectivity index (χ0) is 12.7. The van der Waals surface area contributed by atoms with E-state index in [2.05, 4.69) is 10.1 Å². The topological polar surface area (TPSA) is 58.6 Å².